The maximum absolute atomic E-state index is 12.6. The van der Waals surface area contributed by atoms with E-state index in [2.05, 4.69) is 10.1 Å². The topological polar surface area (TPSA) is 111 Å². The number of sulfonamides is 1. The Morgan fingerprint density at radius 2 is 1.86 bits per heavy atom. The van der Waals surface area contributed by atoms with E-state index in [4.69, 9.17) is 16.3 Å². The molecule has 1 unspecified atom stereocenters. The van der Waals surface area contributed by atoms with Crippen molar-refractivity contribution in [3.8, 4) is 5.75 Å². The number of carbonyl (C=O) groups excluding carboxylic acids is 2. The smallest absolute Gasteiger partial charge is 0.421 e. The van der Waals surface area contributed by atoms with Gasteiger partial charge in [0.25, 0.3) is 15.9 Å². The van der Waals surface area contributed by atoms with E-state index in [1.807, 2.05) is 18.2 Å². The van der Waals surface area contributed by atoms with E-state index in [1.54, 1.807) is 17.7 Å². The molecule has 2 rings (SSSR count). The number of benzene rings is 2. The lowest BCUT2D eigenvalue weighted by molar-refractivity contribution is 0.0939. The molecule has 10 heteroatoms. The van der Waals surface area contributed by atoms with Gasteiger partial charge in [-0.25, -0.2) is 17.9 Å². The zero-order valence-electron chi connectivity index (χ0n) is 16.1. The number of halogens is 1. The van der Waals surface area contributed by atoms with Crippen LogP contribution in [0.2, 0.25) is 5.02 Å². The molecular weight excluding hydrogens is 420 g/mol. The SMILES string of the molecule is CCOC(=O)NS(=O)(=O)c1cc(C(=O)NC(C)c2ccccc2OC)ccc1Cl. The third-order valence-electron chi connectivity index (χ3n) is 3.93. The van der Waals surface area contributed by atoms with E-state index in [9.17, 15) is 18.0 Å². The molecule has 2 amide bonds. The zero-order chi connectivity index (χ0) is 21.6. The number of nitrogens with one attached hydrogen (secondary N) is 2. The minimum atomic E-state index is -4.32. The second-order valence-corrected chi connectivity index (χ2v) is 7.97. The van der Waals surface area contributed by atoms with Crippen LogP contribution in [-0.4, -0.2) is 34.1 Å². The van der Waals surface area contributed by atoms with Gasteiger partial charge >= 0.3 is 6.09 Å². The number of amides is 2. The Bertz CT molecular complexity index is 1010. The highest BCUT2D eigenvalue weighted by molar-refractivity contribution is 7.90. The molecule has 0 aromatic heterocycles. The van der Waals surface area contributed by atoms with Crippen LogP contribution in [0.1, 0.15) is 35.8 Å². The molecule has 0 bridgehead atoms. The lowest BCUT2D eigenvalue weighted by Crippen LogP contribution is -2.32. The molecule has 0 saturated carbocycles. The third-order valence-corrected chi connectivity index (χ3v) is 5.72. The summed E-state index contributed by atoms with van der Waals surface area (Å²) in [5, 5.41) is 2.64. The molecule has 2 aromatic carbocycles. The number of hydrogen-bond donors (Lipinski definition) is 2. The Labute approximate surface area is 174 Å². The van der Waals surface area contributed by atoms with E-state index < -0.39 is 33.0 Å². The number of para-hydroxylation sites is 1. The highest BCUT2D eigenvalue weighted by Gasteiger charge is 2.24. The van der Waals surface area contributed by atoms with Crippen molar-refractivity contribution in [1.29, 1.82) is 0 Å². The second-order valence-electron chi connectivity index (χ2n) is 5.91. The van der Waals surface area contributed by atoms with E-state index in [0.717, 1.165) is 11.6 Å². The lowest BCUT2D eigenvalue weighted by Gasteiger charge is -2.17. The number of methoxy groups -OCH3 is 1. The summed E-state index contributed by atoms with van der Waals surface area (Å²) in [5.74, 6) is 0.0889. The predicted octanol–water partition coefficient (Wildman–Crippen LogP) is 3.27. The van der Waals surface area contributed by atoms with Crippen LogP contribution in [0.25, 0.3) is 0 Å². The van der Waals surface area contributed by atoms with Gasteiger partial charge in [0.15, 0.2) is 0 Å². The van der Waals surface area contributed by atoms with Crippen LogP contribution in [0, 0.1) is 0 Å². The van der Waals surface area contributed by atoms with E-state index >= 15 is 0 Å². The first-order chi connectivity index (χ1) is 13.7. The molecule has 0 aliphatic carbocycles. The van der Waals surface area contributed by atoms with Crippen molar-refractivity contribution in [2.75, 3.05) is 13.7 Å². The van der Waals surface area contributed by atoms with E-state index in [1.165, 1.54) is 26.2 Å². The first-order valence-corrected chi connectivity index (χ1v) is 10.5. The van der Waals surface area contributed by atoms with Gasteiger partial charge < -0.3 is 14.8 Å². The van der Waals surface area contributed by atoms with Crippen LogP contribution in [-0.2, 0) is 14.8 Å². The molecule has 0 radical (unpaired) electrons. The fourth-order valence-electron chi connectivity index (χ4n) is 2.56. The zero-order valence-corrected chi connectivity index (χ0v) is 17.6. The molecule has 0 saturated heterocycles. The average Bonchev–Trinajstić information content (AvgIpc) is 2.67. The summed E-state index contributed by atoms with van der Waals surface area (Å²) < 4.78 is 36.4. The number of rotatable bonds is 7. The highest BCUT2D eigenvalue weighted by atomic mass is 35.5. The van der Waals surface area contributed by atoms with Crippen LogP contribution in [0.4, 0.5) is 4.79 Å². The van der Waals surface area contributed by atoms with Crippen LogP contribution < -0.4 is 14.8 Å². The molecular formula is C19H21ClN2O6S. The Hall–Kier alpha value is -2.78. The van der Waals surface area contributed by atoms with Crippen molar-refractivity contribution in [3.05, 3.63) is 58.6 Å². The molecule has 1 atom stereocenters. The van der Waals surface area contributed by atoms with Crippen molar-refractivity contribution < 1.29 is 27.5 Å². The van der Waals surface area contributed by atoms with Crippen molar-refractivity contribution in [1.82, 2.24) is 10.0 Å². The molecule has 0 fully saturated rings. The van der Waals surface area contributed by atoms with Gasteiger partial charge in [0.2, 0.25) is 0 Å². The van der Waals surface area contributed by atoms with Crippen LogP contribution in [0.15, 0.2) is 47.4 Å². The first kappa shape index (κ1) is 22.5. The van der Waals surface area contributed by atoms with Gasteiger partial charge in [0.05, 0.1) is 24.8 Å². The fourth-order valence-corrected chi connectivity index (χ4v) is 3.98. The molecule has 0 spiro atoms. The second kappa shape index (κ2) is 9.62. The Kier molecular flexibility index (Phi) is 7.46. The first-order valence-electron chi connectivity index (χ1n) is 8.62. The Balaban J connectivity index is 2.26. The molecule has 2 aromatic rings. The van der Waals surface area contributed by atoms with Gasteiger partial charge in [-0.15, -0.1) is 0 Å². The summed E-state index contributed by atoms with van der Waals surface area (Å²) in [4.78, 5) is 23.7. The number of ether oxygens (including phenoxy) is 2. The standard InChI is InChI=1S/C19H21ClN2O6S/c1-4-28-19(24)22-29(25,26)17-11-13(9-10-15(17)20)18(23)21-12(2)14-7-5-6-8-16(14)27-3/h5-12H,4H2,1-3H3,(H,21,23)(H,22,24). The summed E-state index contributed by atoms with van der Waals surface area (Å²) >= 11 is 5.97. The van der Waals surface area contributed by atoms with Gasteiger partial charge in [0.1, 0.15) is 10.6 Å². The van der Waals surface area contributed by atoms with Crippen molar-refractivity contribution >= 4 is 33.6 Å². The quantitative estimate of drug-likeness (QED) is 0.683. The number of hydrogen-bond acceptors (Lipinski definition) is 6. The van der Waals surface area contributed by atoms with Gasteiger partial charge in [-0.05, 0) is 38.1 Å². The molecule has 0 aliphatic rings. The molecule has 2 N–H and O–H groups in total. The van der Waals surface area contributed by atoms with Crippen LogP contribution in [0.5, 0.6) is 5.75 Å². The van der Waals surface area contributed by atoms with Gasteiger partial charge in [-0.1, -0.05) is 29.8 Å². The monoisotopic (exact) mass is 440 g/mol. The minimum absolute atomic E-state index is 0.00162. The van der Waals surface area contributed by atoms with Crippen LogP contribution >= 0.6 is 11.6 Å². The number of carbonyl (C=O) groups is 2. The molecule has 29 heavy (non-hydrogen) atoms. The van der Waals surface area contributed by atoms with Crippen molar-refractivity contribution in [2.24, 2.45) is 0 Å². The largest absolute Gasteiger partial charge is 0.496 e. The molecule has 0 aliphatic heterocycles. The summed E-state index contributed by atoms with van der Waals surface area (Å²) in [6.45, 7) is 3.30. The van der Waals surface area contributed by atoms with E-state index in [-0.39, 0.29) is 17.2 Å². The summed E-state index contributed by atoms with van der Waals surface area (Å²) in [5.41, 5.74) is 0.814. The predicted molar refractivity (Wildman–Crippen MR) is 108 cm³/mol. The Morgan fingerprint density at radius 1 is 1.17 bits per heavy atom. The van der Waals surface area contributed by atoms with Gasteiger partial charge in [-0.2, -0.15) is 0 Å². The van der Waals surface area contributed by atoms with Crippen molar-refractivity contribution in [3.63, 3.8) is 0 Å². The fraction of sp³-hybridized carbons (Fsp3) is 0.263. The van der Waals surface area contributed by atoms with Crippen molar-refractivity contribution in [2.45, 2.75) is 24.8 Å². The normalized spacial score (nSPS) is 12.0. The minimum Gasteiger partial charge on any atom is -0.496 e. The van der Waals surface area contributed by atoms with Crippen LogP contribution in [0.3, 0.4) is 0 Å². The average molecular weight is 441 g/mol. The van der Waals surface area contributed by atoms with Gasteiger partial charge in [0, 0.05) is 11.1 Å². The molecule has 156 valence electrons. The lowest BCUT2D eigenvalue weighted by atomic mass is 10.1. The molecule has 8 nitrogen and oxygen atoms in total. The third kappa shape index (κ3) is 5.61. The summed E-state index contributed by atoms with van der Waals surface area (Å²) in [6, 6.07) is 10.5. The highest BCUT2D eigenvalue weighted by Crippen LogP contribution is 2.26. The molecule has 0 heterocycles. The van der Waals surface area contributed by atoms with Gasteiger partial charge in [-0.3, -0.25) is 4.79 Å². The maximum atomic E-state index is 12.6. The van der Waals surface area contributed by atoms with E-state index in [0.29, 0.717) is 5.75 Å². The maximum Gasteiger partial charge on any atom is 0.421 e. The summed E-state index contributed by atoms with van der Waals surface area (Å²) in [6.07, 6.45) is -1.14. The summed E-state index contributed by atoms with van der Waals surface area (Å²) in [7, 11) is -2.79. The Morgan fingerprint density at radius 3 is 2.52 bits per heavy atom.